The Labute approximate surface area is 140 Å². The van der Waals surface area contributed by atoms with Gasteiger partial charge >= 0.3 is 6.18 Å². The predicted octanol–water partition coefficient (Wildman–Crippen LogP) is 3.72. The molecule has 0 atom stereocenters. The van der Waals surface area contributed by atoms with Crippen LogP contribution in [0.2, 0.25) is 0 Å². The average Bonchev–Trinajstić information content (AvgIpc) is 2.89. The van der Waals surface area contributed by atoms with Gasteiger partial charge in [-0.25, -0.2) is 0 Å². The van der Waals surface area contributed by atoms with Gasteiger partial charge in [0.15, 0.2) is 5.17 Å². The molecule has 1 amide bonds. The fourth-order valence-corrected chi connectivity index (χ4v) is 4.08. The summed E-state index contributed by atoms with van der Waals surface area (Å²) in [6.07, 6.45) is -2.77. The monoisotopic (exact) mass is 358 g/mol. The van der Waals surface area contributed by atoms with Crippen LogP contribution in [0.15, 0.2) is 34.2 Å². The van der Waals surface area contributed by atoms with Gasteiger partial charge < -0.3 is 4.90 Å². The summed E-state index contributed by atoms with van der Waals surface area (Å²) < 4.78 is 37.6. The van der Waals surface area contributed by atoms with E-state index in [9.17, 15) is 18.0 Å². The molecule has 0 aromatic heterocycles. The van der Waals surface area contributed by atoms with Gasteiger partial charge in [-0.2, -0.15) is 29.9 Å². The fourth-order valence-electron chi connectivity index (χ4n) is 2.21. The number of carbonyl (C=O) groups is 1. The number of alkyl halides is 3. The summed E-state index contributed by atoms with van der Waals surface area (Å²) in [6, 6.07) is 4.75. The Morgan fingerprint density at radius 3 is 2.39 bits per heavy atom. The van der Waals surface area contributed by atoms with E-state index in [0.29, 0.717) is 15.6 Å². The standard InChI is InChI=1S/C15H13F3N2OS2/c16-15(17,18)11-3-1-10(2-4-11)9-12-13(21)19-14(23-12)20-5-7-22-8-6-20/h1-4,9H,5-8H2/b12-9-. The number of hydrogen-bond acceptors (Lipinski definition) is 4. The smallest absolute Gasteiger partial charge is 0.349 e. The van der Waals surface area contributed by atoms with Gasteiger partial charge in [0.2, 0.25) is 0 Å². The predicted molar refractivity (Wildman–Crippen MR) is 88.4 cm³/mol. The van der Waals surface area contributed by atoms with Gasteiger partial charge in [0.25, 0.3) is 5.91 Å². The first kappa shape index (κ1) is 16.4. The molecule has 2 aliphatic heterocycles. The quantitative estimate of drug-likeness (QED) is 0.716. The summed E-state index contributed by atoms with van der Waals surface area (Å²) >= 11 is 3.15. The maximum absolute atomic E-state index is 12.5. The Kier molecular flexibility index (Phi) is 4.72. The van der Waals surface area contributed by atoms with Crippen molar-refractivity contribution in [3.05, 3.63) is 40.3 Å². The van der Waals surface area contributed by atoms with Gasteiger partial charge in [-0.05, 0) is 35.5 Å². The first-order valence-electron chi connectivity index (χ1n) is 6.96. The number of hydrogen-bond donors (Lipinski definition) is 0. The molecule has 2 heterocycles. The minimum absolute atomic E-state index is 0.330. The van der Waals surface area contributed by atoms with Crippen LogP contribution in [0.3, 0.4) is 0 Å². The second-order valence-corrected chi connectivity index (χ2v) is 7.26. The van der Waals surface area contributed by atoms with E-state index in [1.54, 1.807) is 6.08 Å². The molecule has 1 fully saturated rings. The van der Waals surface area contributed by atoms with E-state index in [4.69, 9.17) is 0 Å². The van der Waals surface area contributed by atoms with Crippen LogP contribution in [0, 0.1) is 0 Å². The summed E-state index contributed by atoms with van der Waals surface area (Å²) in [7, 11) is 0. The molecule has 3 nitrogen and oxygen atoms in total. The number of benzene rings is 1. The van der Waals surface area contributed by atoms with E-state index in [0.717, 1.165) is 36.7 Å². The van der Waals surface area contributed by atoms with Crippen LogP contribution in [0.25, 0.3) is 6.08 Å². The molecule has 2 aliphatic rings. The maximum atomic E-state index is 12.5. The molecule has 3 rings (SSSR count). The molecule has 0 unspecified atom stereocenters. The van der Waals surface area contributed by atoms with Crippen molar-refractivity contribution in [3.8, 4) is 0 Å². The van der Waals surface area contributed by atoms with E-state index >= 15 is 0 Å². The van der Waals surface area contributed by atoms with Crippen molar-refractivity contribution in [1.29, 1.82) is 0 Å². The Balaban J connectivity index is 1.72. The van der Waals surface area contributed by atoms with Crippen molar-refractivity contribution in [1.82, 2.24) is 4.90 Å². The molecule has 122 valence electrons. The molecule has 0 bridgehead atoms. The summed E-state index contributed by atoms with van der Waals surface area (Å²) in [4.78, 5) is 18.5. The molecular weight excluding hydrogens is 345 g/mol. The van der Waals surface area contributed by atoms with Gasteiger partial charge in [0.1, 0.15) is 0 Å². The molecule has 1 aromatic carbocycles. The second-order valence-electron chi connectivity index (χ2n) is 5.03. The molecule has 0 spiro atoms. The highest BCUT2D eigenvalue weighted by Crippen LogP contribution is 2.32. The third kappa shape index (κ3) is 3.92. The number of amides is 1. The minimum Gasteiger partial charge on any atom is -0.349 e. The van der Waals surface area contributed by atoms with E-state index < -0.39 is 11.7 Å². The van der Waals surface area contributed by atoms with Crippen molar-refractivity contribution >= 4 is 40.7 Å². The molecule has 23 heavy (non-hydrogen) atoms. The van der Waals surface area contributed by atoms with Crippen molar-refractivity contribution in [2.75, 3.05) is 24.6 Å². The lowest BCUT2D eigenvalue weighted by atomic mass is 10.1. The van der Waals surface area contributed by atoms with Gasteiger partial charge in [-0.3, -0.25) is 4.79 Å². The molecular formula is C15H13F3N2OS2. The van der Waals surface area contributed by atoms with Crippen LogP contribution in [0.1, 0.15) is 11.1 Å². The zero-order valence-electron chi connectivity index (χ0n) is 12.0. The zero-order valence-corrected chi connectivity index (χ0v) is 13.6. The summed E-state index contributed by atoms with van der Waals surface area (Å²) in [6.45, 7) is 1.72. The molecule has 0 radical (unpaired) electrons. The third-order valence-corrected chi connectivity index (χ3v) is 5.41. The van der Waals surface area contributed by atoms with E-state index in [-0.39, 0.29) is 5.91 Å². The summed E-state index contributed by atoms with van der Waals surface area (Å²) in [5.41, 5.74) is -0.146. The SMILES string of the molecule is O=C1N=C(N2CCSCC2)S/C1=C\c1ccc(C(F)(F)F)cc1. The second kappa shape index (κ2) is 6.60. The summed E-state index contributed by atoms with van der Waals surface area (Å²) in [5.74, 6) is 1.68. The summed E-state index contributed by atoms with van der Waals surface area (Å²) in [5, 5.41) is 0.688. The average molecular weight is 358 g/mol. The molecule has 0 aliphatic carbocycles. The Morgan fingerprint density at radius 2 is 1.78 bits per heavy atom. The number of amidine groups is 1. The van der Waals surface area contributed by atoms with Crippen LogP contribution in [-0.2, 0) is 11.0 Å². The largest absolute Gasteiger partial charge is 0.416 e. The number of nitrogens with zero attached hydrogens (tertiary/aromatic N) is 2. The number of rotatable bonds is 1. The highest BCUT2D eigenvalue weighted by atomic mass is 32.2. The number of thioether (sulfide) groups is 2. The van der Waals surface area contributed by atoms with Crippen molar-refractivity contribution in [3.63, 3.8) is 0 Å². The van der Waals surface area contributed by atoms with Gasteiger partial charge in [0.05, 0.1) is 10.5 Å². The van der Waals surface area contributed by atoms with Crippen LogP contribution < -0.4 is 0 Å². The molecule has 8 heteroatoms. The van der Waals surface area contributed by atoms with Crippen LogP contribution in [0.4, 0.5) is 13.2 Å². The third-order valence-electron chi connectivity index (χ3n) is 3.43. The van der Waals surface area contributed by atoms with Crippen LogP contribution >= 0.6 is 23.5 Å². The highest BCUT2D eigenvalue weighted by molar-refractivity contribution is 8.18. The van der Waals surface area contributed by atoms with E-state index in [1.165, 1.54) is 23.9 Å². The molecule has 0 N–H and O–H groups in total. The van der Waals surface area contributed by atoms with Crippen LogP contribution in [0.5, 0.6) is 0 Å². The van der Waals surface area contributed by atoms with Gasteiger partial charge in [-0.1, -0.05) is 12.1 Å². The van der Waals surface area contributed by atoms with E-state index in [1.807, 2.05) is 11.8 Å². The number of halogens is 3. The highest BCUT2D eigenvalue weighted by Gasteiger charge is 2.30. The first-order valence-corrected chi connectivity index (χ1v) is 8.93. The van der Waals surface area contributed by atoms with Gasteiger partial charge in [0, 0.05) is 24.6 Å². The lowest BCUT2D eigenvalue weighted by molar-refractivity contribution is -0.137. The van der Waals surface area contributed by atoms with Crippen molar-refractivity contribution < 1.29 is 18.0 Å². The molecule has 1 saturated heterocycles. The lowest BCUT2D eigenvalue weighted by Gasteiger charge is -2.26. The normalized spacial score (nSPS) is 21.0. The Morgan fingerprint density at radius 1 is 1.13 bits per heavy atom. The number of aliphatic imine (C=N–C) groups is 1. The van der Waals surface area contributed by atoms with E-state index in [2.05, 4.69) is 9.89 Å². The van der Waals surface area contributed by atoms with Gasteiger partial charge in [-0.15, -0.1) is 0 Å². The Hall–Kier alpha value is -1.41. The lowest BCUT2D eigenvalue weighted by Crippen LogP contribution is -2.35. The van der Waals surface area contributed by atoms with Crippen molar-refractivity contribution in [2.45, 2.75) is 6.18 Å². The first-order chi connectivity index (χ1) is 10.9. The topological polar surface area (TPSA) is 32.7 Å². The van der Waals surface area contributed by atoms with Crippen LogP contribution in [-0.4, -0.2) is 40.6 Å². The molecule has 1 aromatic rings. The number of carbonyl (C=O) groups excluding carboxylic acids is 1. The maximum Gasteiger partial charge on any atom is 0.416 e. The minimum atomic E-state index is -4.36. The van der Waals surface area contributed by atoms with Crippen molar-refractivity contribution in [2.24, 2.45) is 4.99 Å². The fraction of sp³-hybridized carbons (Fsp3) is 0.333. The Bertz CT molecular complexity index is 662. The zero-order chi connectivity index (χ0) is 16.4. The molecule has 0 saturated carbocycles.